The van der Waals surface area contributed by atoms with Crippen molar-refractivity contribution in [2.75, 3.05) is 16.8 Å². The Labute approximate surface area is 112 Å². The maximum atomic E-state index is 5.66. The molecule has 0 amide bonds. The Bertz CT molecular complexity index is 414. The molecule has 2 rings (SSSR count). The number of anilines is 1. The predicted molar refractivity (Wildman–Crippen MR) is 78.8 cm³/mol. The van der Waals surface area contributed by atoms with Crippen molar-refractivity contribution in [1.82, 2.24) is 4.98 Å². The van der Waals surface area contributed by atoms with Gasteiger partial charge < -0.3 is 11.1 Å². The minimum Gasteiger partial charge on any atom is -0.389 e. The van der Waals surface area contributed by atoms with Crippen molar-refractivity contribution in [3.8, 4) is 0 Å². The monoisotopic (exact) mass is 267 g/mol. The topological polar surface area (TPSA) is 50.9 Å². The predicted octanol–water partition coefficient (Wildman–Crippen LogP) is 2.33. The second-order valence-corrected chi connectivity index (χ2v) is 5.94. The first-order chi connectivity index (χ1) is 8.15. The Morgan fingerprint density at radius 3 is 2.82 bits per heavy atom. The number of thiocarbonyl (C=S) groups is 1. The molecule has 1 aromatic rings. The molecule has 0 saturated carbocycles. The van der Waals surface area contributed by atoms with E-state index in [0.29, 0.717) is 11.0 Å². The van der Waals surface area contributed by atoms with Crippen LogP contribution in [-0.4, -0.2) is 27.5 Å². The highest BCUT2D eigenvalue weighted by Gasteiger charge is 2.14. The van der Waals surface area contributed by atoms with Gasteiger partial charge in [-0.2, -0.15) is 11.8 Å². The molecule has 1 saturated heterocycles. The third kappa shape index (κ3) is 3.57. The SMILES string of the molecule is Cc1cc(C(N)=S)cc(NC2CCSCC2)n1. The largest absolute Gasteiger partial charge is 0.389 e. The van der Waals surface area contributed by atoms with Gasteiger partial charge in [0.2, 0.25) is 0 Å². The van der Waals surface area contributed by atoms with Crippen molar-refractivity contribution >= 4 is 34.8 Å². The molecule has 0 radical (unpaired) electrons. The molecule has 17 heavy (non-hydrogen) atoms. The molecule has 3 nitrogen and oxygen atoms in total. The quantitative estimate of drug-likeness (QED) is 0.823. The van der Waals surface area contributed by atoms with Crippen LogP contribution in [0.25, 0.3) is 0 Å². The summed E-state index contributed by atoms with van der Waals surface area (Å²) in [6.45, 7) is 1.96. The van der Waals surface area contributed by atoms with Gasteiger partial charge in [-0.1, -0.05) is 12.2 Å². The summed E-state index contributed by atoms with van der Waals surface area (Å²) in [5.74, 6) is 3.35. The van der Waals surface area contributed by atoms with Gasteiger partial charge in [-0.25, -0.2) is 4.98 Å². The number of aryl methyl sites for hydroxylation is 1. The highest BCUT2D eigenvalue weighted by atomic mass is 32.2. The maximum Gasteiger partial charge on any atom is 0.127 e. The summed E-state index contributed by atoms with van der Waals surface area (Å²) in [5.41, 5.74) is 7.49. The second-order valence-electron chi connectivity index (χ2n) is 4.28. The van der Waals surface area contributed by atoms with E-state index in [1.165, 1.54) is 24.3 Å². The molecule has 1 fully saturated rings. The van der Waals surface area contributed by atoms with Gasteiger partial charge in [0.1, 0.15) is 10.8 Å². The summed E-state index contributed by atoms with van der Waals surface area (Å²) in [4.78, 5) is 4.91. The number of hydrogen-bond acceptors (Lipinski definition) is 4. The Morgan fingerprint density at radius 1 is 1.47 bits per heavy atom. The smallest absolute Gasteiger partial charge is 0.127 e. The van der Waals surface area contributed by atoms with E-state index in [9.17, 15) is 0 Å². The van der Waals surface area contributed by atoms with Gasteiger partial charge in [-0.3, -0.25) is 0 Å². The van der Waals surface area contributed by atoms with E-state index in [-0.39, 0.29) is 0 Å². The molecule has 3 N–H and O–H groups in total. The fraction of sp³-hybridized carbons (Fsp3) is 0.500. The maximum absolute atomic E-state index is 5.66. The molecule has 1 aliphatic heterocycles. The molecule has 0 atom stereocenters. The van der Waals surface area contributed by atoms with Gasteiger partial charge >= 0.3 is 0 Å². The second kappa shape index (κ2) is 5.69. The third-order valence-corrected chi connectivity index (χ3v) is 4.10. The van der Waals surface area contributed by atoms with Crippen molar-refractivity contribution in [2.45, 2.75) is 25.8 Å². The summed E-state index contributed by atoms with van der Waals surface area (Å²) in [6, 6.07) is 4.39. The number of nitrogens with two attached hydrogens (primary N) is 1. The highest BCUT2D eigenvalue weighted by Crippen LogP contribution is 2.20. The van der Waals surface area contributed by atoms with Crippen LogP contribution in [0.15, 0.2) is 12.1 Å². The fourth-order valence-electron chi connectivity index (χ4n) is 1.94. The number of aromatic nitrogens is 1. The van der Waals surface area contributed by atoms with Crippen LogP contribution < -0.4 is 11.1 Å². The van der Waals surface area contributed by atoms with Crippen LogP contribution in [0.2, 0.25) is 0 Å². The van der Waals surface area contributed by atoms with Crippen molar-refractivity contribution < 1.29 is 0 Å². The van der Waals surface area contributed by atoms with Crippen LogP contribution >= 0.6 is 24.0 Å². The minimum atomic E-state index is 0.428. The van der Waals surface area contributed by atoms with Crippen molar-refractivity contribution in [1.29, 1.82) is 0 Å². The molecule has 5 heteroatoms. The minimum absolute atomic E-state index is 0.428. The summed E-state index contributed by atoms with van der Waals surface area (Å²) < 4.78 is 0. The van der Waals surface area contributed by atoms with E-state index < -0.39 is 0 Å². The summed E-state index contributed by atoms with van der Waals surface area (Å²) in [6.07, 6.45) is 2.39. The van der Waals surface area contributed by atoms with Gasteiger partial charge in [-0.05, 0) is 43.4 Å². The number of nitrogens with zero attached hydrogens (tertiary/aromatic N) is 1. The van der Waals surface area contributed by atoms with Crippen LogP contribution in [-0.2, 0) is 0 Å². The van der Waals surface area contributed by atoms with Crippen molar-refractivity contribution in [3.05, 3.63) is 23.4 Å². The average molecular weight is 267 g/mol. The highest BCUT2D eigenvalue weighted by molar-refractivity contribution is 7.99. The van der Waals surface area contributed by atoms with Crippen LogP contribution in [0.4, 0.5) is 5.82 Å². The molecule has 0 unspecified atom stereocenters. The molecule has 0 bridgehead atoms. The Hall–Kier alpha value is -0.810. The zero-order chi connectivity index (χ0) is 12.3. The Kier molecular flexibility index (Phi) is 4.23. The van der Waals surface area contributed by atoms with E-state index in [0.717, 1.165) is 17.1 Å². The Morgan fingerprint density at radius 2 is 2.18 bits per heavy atom. The number of hydrogen-bond donors (Lipinski definition) is 2. The Balaban J connectivity index is 2.11. The molecule has 0 aromatic carbocycles. The van der Waals surface area contributed by atoms with Gasteiger partial charge in [0, 0.05) is 17.3 Å². The van der Waals surface area contributed by atoms with Gasteiger partial charge in [-0.15, -0.1) is 0 Å². The summed E-state index contributed by atoms with van der Waals surface area (Å²) >= 11 is 7.02. The molecule has 1 aliphatic rings. The average Bonchev–Trinajstić information content (AvgIpc) is 2.29. The first-order valence-corrected chi connectivity index (χ1v) is 7.34. The molecule has 0 aliphatic carbocycles. The van der Waals surface area contributed by atoms with Crippen LogP contribution in [0.3, 0.4) is 0 Å². The third-order valence-electron chi connectivity index (χ3n) is 2.81. The molecular formula is C12H17N3S2. The first-order valence-electron chi connectivity index (χ1n) is 5.78. The zero-order valence-corrected chi connectivity index (χ0v) is 11.5. The lowest BCUT2D eigenvalue weighted by Gasteiger charge is -2.23. The lowest BCUT2D eigenvalue weighted by Crippen LogP contribution is -2.25. The van der Waals surface area contributed by atoms with Crippen molar-refractivity contribution in [2.24, 2.45) is 5.73 Å². The van der Waals surface area contributed by atoms with E-state index in [1.807, 2.05) is 30.8 Å². The van der Waals surface area contributed by atoms with Gasteiger partial charge in [0.05, 0.1) is 0 Å². The lowest BCUT2D eigenvalue weighted by atomic mass is 10.1. The molecule has 1 aromatic heterocycles. The van der Waals surface area contributed by atoms with Crippen LogP contribution in [0.5, 0.6) is 0 Å². The first kappa shape index (κ1) is 12.6. The molecular weight excluding hydrogens is 250 g/mol. The van der Waals surface area contributed by atoms with Gasteiger partial charge in [0.25, 0.3) is 0 Å². The van der Waals surface area contributed by atoms with E-state index in [1.54, 1.807) is 0 Å². The summed E-state index contributed by atoms with van der Waals surface area (Å²) in [5, 5.41) is 3.48. The van der Waals surface area contributed by atoms with E-state index in [2.05, 4.69) is 10.3 Å². The number of pyridine rings is 1. The normalized spacial score (nSPS) is 16.8. The molecule has 92 valence electrons. The molecule has 0 spiro atoms. The number of thioether (sulfide) groups is 1. The van der Waals surface area contributed by atoms with Crippen molar-refractivity contribution in [3.63, 3.8) is 0 Å². The van der Waals surface area contributed by atoms with Crippen LogP contribution in [0, 0.1) is 6.92 Å². The number of rotatable bonds is 3. The van der Waals surface area contributed by atoms with E-state index in [4.69, 9.17) is 18.0 Å². The standard InChI is InChI=1S/C12H17N3S2/c1-8-6-9(12(13)16)7-11(14-8)15-10-2-4-17-5-3-10/h6-7,10H,2-5H2,1H3,(H2,13,16)(H,14,15). The molecule has 2 heterocycles. The summed E-state index contributed by atoms with van der Waals surface area (Å²) in [7, 11) is 0. The fourth-order valence-corrected chi connectivity index (χ4v) is 3.16. The van der Waals surface area contributed by atoms with Crippen LogP contribution in [0.1, 0.15) is 24.1 Å². The number of nitrogens with one attached hydrogen (secondary N) is 1. The van der Waals surface area contributed by atoms with E-state index >= 15 is 0 Å². The lowest BCUT2D eigenvalue weighted by molar-refractivity contribution is 0.663. The zero-order valence-electron chi connectivity index (χ0n) is 9.90. The van der Waals surface area contributed by atoms with Gasteiger partial charge in [0.15, 0.2) is 0 Å².